The summed E-state index contributed by atoms with van der Waals surface area (Å²) in [5, 5.41) is 7.84. The summed E-state index contributed by atoms with van der Waals surface area (Å²) >= 11 is 0. The number of likely N-dealkylation sites (tertiary alicyclic amines) is 1. The number of piperidine rings is 1. The van der Waals surface area contributed by atoms with Crippen LogP contribution in [-0.4, -0.2) is 40.9 Å². The number of rotatable bonds is 4. The number of benzene rings is 1. The fourth-order valence-corrected chi connectivity index (χ4v) is 2.86. The van der Waals surface area contributed by atoms with Crippen molar-refractivity contribution in [2.45, 2.75) is 25.4 Å². The van der Waals surface area contributed by atoms with Gasteiger partial charge in [0.15, 0.2) is 0 Å². The summed E-state index contributed by atoms with van der Waals surface area (Å²) in [6, 6.07) is 13.2. The first kappa shape index (κ1) is 13.3. The lowest BCUT2D eigenvalue weighted by Gasteiger charge is -2.31. The molecule has 1 N–H and O–H groups in total. The summed E-state index contributed by atoms with van der Waals surface area (Å²) in [6.07, 6.45) is 4.36. The van der Waals surface area contributed by atoms with E-state index in [-0.39, 0.29) is 0 Å². The smallest absolute Gasteiger partial charge is 0.0649 e. The Bertz CT molecular complexity index is 526. The van der Waals surface area contributed by atoms with E-state index in [0.29, 0.717) is 6.04 Å². The Morgan fingerprint density at radius 2 is 1.90 bits per heavy atom. The molecule has 4 nitrogen and oxygen atoms in total. The minimum absolute atomic E-state index is 0.685. The van der Waals surface area contributed by atoms with E-state index in [4.69, 9.17) is 0 Å². The van der Waals surface area contributed by atoms with Crippen LogP contribution in [0.5, 0.6) is 0 Å². The lowest BCUT2D eigenvalue weighted by atomic mass is 10.1. The second-order valence-electron chi connectivity index (χ2n) is 5.41. The summed E-state index contributed by atoms with van der Waals surface area (Å²) in [7, 11) is 2.06. The molecule has 1 aliphatic rings. The largest absolute Gasteiger partial charge is 0.317 e. The van der Waals surface area contributed by atoms with Crippen LogP contribution in [0.15, 0.2) is 42.6 Å². The summed E-state index contributed by atoms with van der Waals surface area (Å²) in [5.74, 6) is 0. The Balaban J connectivity index is 1.69. The van der Waals surface area contributed by atoms with Crippen LogP contribution in [-0.2, 0) is 6.54 Å². The molecule has 2 aromatic rings. The van der Waals surface area contributed by atoms with Crippen molar-refractivity contribution in [3.8, 4) is 5.69 Å². The minimum Gasteiger partial charge on any atom is -0.317 e. The third-order valence-corrected chi connectivity index (χ3v) is 4.10. The van der Waals surface area contributed by atoms with E-state index in [1.165, 1.54) is 18.5 Å². The molecule has 4 heteroatoms. The van der Waals surface area contributed by atoms with Gasteiger partial charge in [-0.15, -0.1) is 0 Å². The highest BCUT2D eigenvalue weighted by atomic mass is 15.3. The number of nitrogens with zero attached hydrogens (tertiary/aromatic N) is 3. The third kappa shape index (κ3) is 2.92. The lowest BCUT2D eigenvalue weighted by molar-refractivity contribution is 0.191. The van der Waals surface area contributed by atoms with Gasteiger partial charge in [-0.1, -0.05) is 18.2 Å². The first-order chi connectivity index (χ1) is 9.86. The SMILES string of the molecule is CNC1CCN(Cc2ccnn2-c2ccccc2)CC1. The second-order valence-corrected chi connectivity index (χ2v) is 5.41. The van der Waals surface area contributed by atoms with E-state index in [1.54, 1.807) is 0 Å². The van der Waals surface area contributed by atoms with Gasteiger partial charge in [-0.25, -0.2) is 4.68 Å². The van der Waals surface area contributed by atoms with Crippen molar-refractivity contribution < 1.29 is 0 Å². The Labute approximate surface area is 120 Å². The number of nitrogens with one attached hydrogen (secondary N) is 1. The van der Waals surface area contributed by atoms with Crippen molar-refractivity contribution in [2.75, 3.05) is 20.1 Å². The topological polar surface area (TPSA) is 33.1 Å². The number of hydrogen-bond donors (Lipinski definition) is 1. The molecule has 0 bridgehead atoms. The van der Waals surface area contributed by atoms with Gasteiger partial charge in [0.1, 0.15) is 0 Å². The molecule has 3 rings (SSSR count). The van der Waals surface area contributed by atoms with Crippen molar-refractivity contribution in [3.63, 3.8) is 0 Å². The van der Waals surface area contributed by atoms with Crippen molar-refractivity contribution in [1.82, 2.24) is 20.0 Å². The van der Waals surface area contributed by atoms with Gasteiger partial charge in [0, 0.05) is 31.9 Å². The maximum absolute atomic E-state index is 4.46. The average molecular weight is 270 g/mol. The molecule has 1 aliphatic heterocycles. The molecule has 0 spiro atoms. The zero-order chi connectivity index (χ0) is 13.8. The Kier molecular flexibility index (Phi) is 4.14. The maximum atomic E-state index is 4.46. The molecule has 1 saturated heterocycles. The predicted molar refractivity (Wildman–Crippen MR) is 80.9 cm³/mol. The molecule has 0 saturated carbocycles. The van der Waals surface area contributed by atoms with Gasteiger partial charge in [-0.05, 0) is 38.1 Å². The van der Waals surface area contributed by atoms with Crippen LogP contribution >= 0.6 is 0 Å². The highest BCUT2D eigenvalue weighted by Crippen LogP contribution is 2.16. The monoisotopic (exact) mass is 270 g/mol. The fourth-order valence-electron chi connectivity index (χ4n) is 2.86. The average Bonchev–Trinajstić information content (AvgIpc) is 2.97. The van der Waals surface area contributed by atoms with Crippen LogP contribution in [0.3, 0.4) is 0 Å². The molecule has 0 amide bonds. The van der Waals surface area contributed by atoms with Crippen LogP contribution in [0.1, 0.15) is 18.5 Å². The molecular formula is C16H22N4. The van der Waals surface area contributed by atoms with Crippen molar-refractivity contribution >= 4 is 0 Å². The van der Waals surface area contributed by atoms with Crippen LogP contribution in [0.2, 0.25) is 0 Å². The summed E-state index contributed by atoms with van der Waals surface area (Å²) < 4.78 is 2.05. The normalized spacial score (nSPS) is 17.4. The third-order valence-electron chi connectivity index (χ3n) is 4.10. The van der Waals surface area contributed by atoms with E-state index < -0.39 is 0 Å². The first-order valence-corrected chi connectivity index (χ1v) is 7.35. The van der Waals surface area contributed by atoms with Gasteiger partial charge in [0.2, 0.25) is 0 Å². The van der Waals surface area contributed by atoms with Gasteiger partial charge < -0.3 is 5.32 Å². The number of para-hydroxylation sites is 1. The molecule has 0 unspecified atom stereocenters. The molecule has 20 heavy (non-hydrogen) atoms. The van der Waals surface area contributed by atoms with Gasteiger partial charge >= 0.3 is 0 Å². The standard InChI is InChI=1S/C16H22N4/c1-17-14-8-11-19(12-9-14)13-16-7-10-18-20(16)15-5-3-2-4-6-15/h2-7,10,14,17H,8-9,11-13H2,1H3. The molecule has 0 atom stereocenters. The number of aromatic nitrogens is 2. The van der Waals surface area contributed by atoms with Crippen molar-refractivity contribution in [3.05, 3.63) is 48.3 Å². The minimum atomic E-state index is 0.685. The Morgan fingerprint density at radius 1 is 1.15 bits per heavy atom. The van der Waals surface area contributed by atoms with Gasteiger partial charge in [0.05, 0.1) is 11.4 Å². The zero-order valence-electron chi connectivity index (χ0n) is 12.0. The number of hydrogen-bond acceptors (Lipinski definition) is 3. The maximum Gasteiger partial charge on any atom is 0.0649 e. The Hall–Kier alpha value is -1.65. The first-order valence-electron chi connectivity index (χ1n) is 7.35. The highest BCUT2D eigenvalue weighted by Gasteiger charge is 2.18. The van der Waals surface area contributed by atoms with E-state index in [1.807, 2.05) is 16.9 Å². The molecule has 2 heterocycles. The van der Waals surface area contributed by atoms with Crippen LogP contribution in [0, 0.1) is 0 Å². The fraction of sp³-hybridized carbons (Fsp3) is 0.438. The van der Waals surface area contributed by atoms with E-state index in [0.717, 1.165) is 25.3 Å². The summed E-state index contributed by atoms with van der Waals surface area (Å²) in [4.78, 5) is 2.52. The molecule has 0 aliphatic carbocycles. The van der Waals surface area contributed by atoms with Crippen LogP contribution in [0.25, 0.3) is 5.69 Å². The van der Waals surface area contributed by atoms with Gasteiger partial charge in [-0.2, -0.15) is 5.10 Å². The van der Waals surface area contributed by atoms with Gasteiger partial charge in [0.25, 0.3) is 0 Å². The highest BCUT2D eigenvalue weighted by molar-refractivity contribution is 5.32. The molecule has 1 aromatic heterocycles. The molecule has 106 valence electrons. The van der Waals surface area contributed by atoms with Crippen LogP contribution < -0.4 is 5.32 Å². The molecule has 1 fully saturated rings. The predicted octanol–water partition coefficient (Wildman–Crippen LogP) is 2.06. The molecular weight excluding hydrogens is 248 g/mol. The second kappa shape index (κ2) is 6.20. The molecule has 1 aromatic carbocycles. The van der Waals surface area contributed by atoms with E-state index in [9.17, 15) is 0 Å². The van der Waals surface area contributed by atoms with E-state index >= 15 is 0 Å². The van der Waals surface area contributed by atoms with Crippen molar-refractivity contribution in [2.24, 2.45) is 0 Å². The van der Waals surface area contributed by atoms with Crippen LogP contribution in [0.4, 0.5) is 0 Å². The van der Waals surface area contributed by atoms with E-state index in [2.05, 4.69) is 52.7 Å². The Morgan fingerprint density at radius 3 is 2.60 bits per heavy atom. The summed E-state index contributed by atoms with van der Waals surface area (Å²) in [6.45, 7) is 3.29. The zero-order valence-corrected chi connectivity index (χ0v) is 12.0. The van der Waals surface area contributed by atoms with Crippen molar-refractivity contribution in [1.29, 1.82) is 0 Å². The quantitative estimate of drug-likeness (QED) is 0.923. The summed E-state index contributed by atoms with van der Waals surface area (Å²) in [5.41, 5.74) is 2.40. The van der Waals surface area contributed by atoms with Gasteiger partial charge in [-0.3, -0.25) is 4.90 Å². The molecule has 0 radical (unpaired) electrons. The lowest BCUT2D eigenvalue weighted by Crippen LogP contribution is -2.41.